The monoisotopic (exact) mass is 424 g/mol. The van der Waals surface area contributed by atoms with Gasteiger partial charge in [0.1, 0.15) is 17.5 Å². The number of hydrogen-bond donors (Lipinski definition) is 2. The highest BCUT2D eigenvalue weighted by atomic mass is 32.2. The first-order chi connectivity index (χ1) is 14.4. The van der Waals surface area contributed by atoms with Gasteiger partial charge in [0.15, 0.2) is 5.82 Å². The minimum Gasteiger partial charge on any atom is -0.340 e. The lowest BCUT2D eigenvalue weighted by Gasteiger charge is -2.11. The normalized spacial score (nSPS) is 11.3. The Morgan fingerprint density at radius 2 is 1.73 bits per heavy atom. The van der Waals surface area contributed by atoms with E-state index in [0.29, 0.717) is 28.8 Å². The second-order valence-electron chi connectivity index (χ2n) is 6.37. The zero-order chi connectivity index (χ0) is 21.1. The van der Waals surface area contributed by atoms with Gasteiger partial charge in [0.25, 0.3) is 10.0 Å². The van der Waals surface area contributed by atoms with Gasteiger partial charge in [-0.25, -0.2) is 27.5 Å². The molecule has 0 aliphatic carbocycles. The van der Waals surface area contributed by atoms with Crippen molar-refractivity contribution < 1.29 is 12.8 Å². The maximum absolute atomic E-state index is 13.3. The van der Waals surface area contributed by atoms with E-state index in [9.17, 15) is 12.8 Å². The number of hydrogen-bond acceptors (Lipinski definition) is 6. The maximum atomic E-state index is 13.3. The number of nitrogens with zero attached hydrogens (tertiary/aromatic N) is 4. The Morgan fingerprint density at radius 1 is 0.967 bits per heavy atom. The molecule has 0 spiro atoms. The third kappa shape index (κ3) is 4.44. The van der Waals surface area contributed by atoms with Gasteiger partial charge in [-0.2, -0.15) is 5.10 Å². The summed E-state index contributed by atoms with van der Waals surface area (Å²) in [6.45, 7) is 1.78. The lowest BCUT2D eigenvalue weighted by Crippen LogP contribution is -2.13. The van der Waals surface area contributed by atoms with E-state index in [1.807, 2.05) is 0 Å². The zero-order valence-electron chi connectivity index (χ0n) is 15.8. The van der Waals surface area contributed by atoms with E-state index in [1.54, 1.807) is 60.4 Å². The van der Waals surface area contributed by atoms with Crippen molar-refractivity contribution in [1.29, 1.82) is 0 Å². The third-order valence-corrected chi connectivity index (χ3v) is 5.46. The van der Waals surface area contributed by atoms with Crippen molar-refractivity contribution in [2.24, 2.45) is 0 Å². The molecular weight excluding hydrogens is 407 g/mol. The van der Waals surface area contributed by atoms with Gasteiger partial charge in [-0.15, -0.1) is 0 Å². The number of halogens is 1. The van der Waals surface area contributed by atoms with Crippen molar-refractivity contribution in [3.8, 4) is 5.82 Å². The van der Waals surface area contributed by atoms with Gasteiger partial charge in [0, 0.05) is 29.8 Å². The Morgan fingerprint density at radius 3 is 2.43 bits per heavy atom. The highest BCUT2D eigenvalue weighted by Gasteiger charge is 2.15. The summed E-state index contributed by atoms with van der Waals surface area (Å²) in [7, 11) is -3.88. The summed E-state index contributed by atoms with van der Waals surface area (Å²) in [4.78, 5) is 8.57. The molecule has 0 atom stereocenters. The number of benzene rings is 2. The van der Waals surface area contributed by atoms with Gasteiger partial charge in [-0.05, 0) is 55.5 Å². The van der Waals surface area contributed by atoms with Crippen LogP contribution in [0, 0.1) is 12.7 Å². The van der Waals surface area contributed by atoms with Crippen LogP contribution in [0.25, 0.3) is 5.82 Å². The highest BCUT2D eigenvalue weighted by Crippen LogP contribution is 2.21. The van der Waals surface area contributed by atoms with Crippen LogP contribution >= 0.6 is 0 Å². The summed E-state index contributed by atoms with van der Waals surface area (Å²) in [5, 5.41) is 7.32. The summed E-state index contributed by atoms with van der Waals surface area (Å²) in [6.07, 6.45) is 3.44. The average Bonchev–Trinajstić information content (AvgIpc) is 3.24. The standard InChI is InChI=1S/C20H17FN6O2S/c1-14-23-19(13-20(24-14)27-11-3-10-22-27)25-16-6-8-17(9-7-16)26-30(28,29)18-5-2-4-15(21)12-18/h2-13,26H,1H3,(H,23,24,25). The van der Waals surface area contributed by atoms with Crippen LogP contribution < -0.4 is 10.0 Å². The summed E-state index contributed by atoms with van der Waals surface area (Å²) in [5.41, 5.74) is 1.05. The molecule has 0 bridgehead atoms. The topological polar surface area (TPSA) is 102 Å². The summed E-state index contributed by atoms with van der Waals surface area (Å²) >= 11 is 0. The summed E-state index contributed by atoms with van der Waals surface area (Å²) < 4.78 is 42.2. The number of rotatable bonds is 6. The van der Waals surface area contributed by atoms with Crippen molar-refractivity contribution in [2.45, 2.75) is 11.8 Å². The van der Waals surface area contributed by atoms with Crippen molar-refractivity contribution in [3.05, 3.63) is 84.7 Å². The van der Waals surface area contributed by atoms with Gasteiger partial charge >= 0.3 is 0 Å². The quantitative estimate of drug-likeness (QED) is 0.490. The Hall–Kier alpha value is -3.79. The van der Waals surface area contributed by atoms with Gasteiger partial charge in [-0.1, -0.05) is 6.07 Å². The second kappa shape index (κ2) is 7.91. The van der Waals surface area contributed by atoms with Crippen LogP contribution in [0.1, 0.15) is 5.82 Å². The molecule has 4 aromatic rings. The van der Waals surface area contributed by atoms with Crippen molar-refractivity contribution in [1.82, 2.24) is 19.7 Å². The minimum absolute atomic E-state index is 0.146. The largest absolute Gasteiger partial charge is 0.340 e. The van der Waals surface area contributed by atoms with E-state index < -0.39 is 15.8 Å². The van der Waals surface area contributed by atoms with Crippen molar-refractivity contribution in [3.63, 3.8) is 0 Å². The fourth-order valence-corrected chi connectivity index (χ4v) is 3.85. The van der Waals surface area contributed by atoms with Gasteiger partial charge in [-0.3, -0.25) is 4.72 Å². The molecule has 0 aliphatic rings. The molecule has 0 amide bonds. The average molecular weight is 424 g/mol. The van der Waals surface area contributed by atoms with E-state index in [2.05, 4.69) is 25.1 Å². The van der Waals surface area contributed by atoms with Crippen LogP contribution in [0.15, 0.2) is 78.0 Å². The number of sulfonamides is 1. The van der Waals surface area contributed by atoms with Crippen LogP contribution in [0.4, 0.5) is 21.6 Å². The molecule has 30 heavy (non-hydrogen) atoms. The molecule has 0 saturated heterocycles. The molecule has 0 fully saturated rings. The van der Waals surface area contributed by atoms with Crippen LogP contribution in [0.2, 0.25) is 0 Å². The molecule has 0 radical (unpaired) electrons. The first-order valence-corrected chi connectivity index (χ1v) is 10.4. The van der Waals surface area contributed by atoms with Crippen LogP contribution in [-0.2, 0) is 10.0 Å². The molecule has 2 aromatic carbocycles. The SMILES string of the molecule is Cc1nc(Nc2ccc(NS(=O)(=O)c3cccc(F)c3)cc2)cc(-n2cccn2)n1. The number of anilines is 3. The Kier molecular flexibility index (Phi) is 5.15. The molecule has 10 heteroatoms. The maximum Gasteiger partial charge on any atom is 0.261 e. The van der Waals surface area contributed by atoms with E-state index in [1.165, 1.54) is 18.2 Å². The summed E-state index contributed by atoms with van der Waals surface area (Å²) in [5.74, 6) is 1.15. The number of nitrogens with one attached hydrogen (secondary N) is 2. The molecule has 0 saturated carbocycles. The van der Waals surface area contributed by atoms with Gasteiger partial charge in [0.2, 0.25) is 0 Å². The van der Waals surface area contributed by atoms with E-state index in [0.717, 1.165) is 6.07 Å². The van der Waals surface area contributed by atoms with E-state index >= 15 is 0 Å². The van der Waals surface area contributed by atoms with Gasteiger partial charge in [0.05, 0.1) is 4.90 Å². The van der Waals surface area contributed by atoms with Gasteiger partial charge < -0.3 is 5.32 Å². The van der Waals surface area contributed by atoms with Crippen LogP contribution in [0.3, 0.4) is 0 Å². The molecule has 2 aromatic heterocycles. The molecule has 8 nitrogen and oxygen atoms in total. The second-order valence-corrected chi connectivity index (χ2v) is 8.06. The Labute approximate surface area is 172 Å². The van der Waals surface area contributed by atoms with E-state index in [-0.39, 0.29) is 4.90 Å². The molecule has 0 aliphatic heterocycles. The Bertz CT molecular complexity index is 1280. The predicted molar refractivity (Wildman–Crippen MR) is 111 cm³/mol. The zero-order valence-corrected chi connectivity index (χ0v) is 16.6. The molecule has 4 rings (SSSR count). The fraction of sp³-hybridized carbons (Fsp3) is 0.0500. The number of aromatic nitrogens is 4. The molecule has 2 N–H and O–H groups in total. The Balaban J connectivity index is 1.51. The lowest BCUT2D eigenvalue weighted by atomic mass is 10.3. The van der Waals surface area contributed by atoms with Crippen LogP contribution in [0.5, 0.6) is 0 Å². The molecule has 0 unspecified atom stereocenters. The molecule has 152 valence electrons. The first-order valence-electron chi connectivity index (χ1n) is 8.90. The number of aryl methyl sites for hydroxylation is 1. The summed E-state index contributed by atoms with van der Waals surface area (Å²) in [6, 6.07) is 15.0. The van der Waals surface area contributed by atoms with E-state index in [4.69, 9.17) is 0 Å². The third-order valence-electron chi connectivity index (χ3n) is 4.08. The van der Waals surface area contributed by atoms with Crippen LogP contribution in [-0.4, -0.2) is 28.2 Å². The highest BCUT2D eigenvalue weighted by molar-refractivity contribution is 7.92. The first kappa shape index (κ1) is 19.5. The lowest BCUT2D eigenvalue weighted by molar-refractivity contribution is 0.595. The minimum atomic E-state index is -3.88. The fourth-order valence-electron chi connectivity index (χ4n) is 2.76. The van der Waals surface area contributed by atoms with Crippen molar-refractivity contribution in [2.75, 3.05) is 10.0 Å². The molecule has 2 heterocycles. The predicted octanol–water partition coefficient (Wildman–Crippen LogP) is 3.65. The smallest absolute Gasteiger partial charge is 0.261 e. The molecular formula is C20H17FN6O2S. The van der Waals surface area contributed by atoms with Crippen molar-refractivity contribution >= 4 is 27.2 Å².